The molecule has 3 saturated carbocycles. The molecule has 1 aromatic carbocycles. The predicted molar refractivity (Wildman–Crippen MR) is 173 cm³/mol. The molecule has 0 heterocycles. The lowest BCUT2D eigenvalue weighted by atomic mass is 9.69. The van der Waals surface area contributed by atoms with Gasteiger partial charge in [0.15, 0.2) is 0 Å². The molecule has 4 rings (SSSR count). The van der Waals surface area contributed by atoms with E-state index in [0.29, 0.717) is 34.8 Å². The van der Waals surface area contributed by atoms with Gasteiger partial charge in [-0.3, -0.25) is 14.4 Å². The lowest BCUT2D eigenvalue weighted by Gasteiger charge is -2.36. The van der Waals surface area contributed by atoms with E-state index >= 15 is 0 Å². The normalized spacial score (nSPS) is 28.9. The van der Waals surface area contributed by atoms with E-state index in [0.717, 1.165) is 77.0 Å². The van der Waals surface area contributed by atoms with Gasteiger partial charge in [0.1, 0.15) is 0 Å². The third-order valence-corrected chi connectivity index (χ3v) is 10.8. The fourth-order valence-electron chi connectivity index (χ4n) is 7.54. The van der Waals surface area contributed by atoms with Gasteiger partial charge in [-0.1, -0.05) is 48.5 Å². The maximum Gasteiger partial charge on any atom is 0.227 e. The Hall–Kier alpha value is -2.37. The first-order valence-electron chi connectivity index (χ1n) is 16.8. The average Bonchev–Trinajstić information content (AvgIpc) is 2.92. The van der Waals surface area contributed by atoms with Crippen LogP contribution in [0.15, 0.2) is 18.2 Å². The maximum absolute atomic E-state index is 13.3. The van der Waals surface area contributed by atoms with Crippen LogP contribution < -0.4 is 16.0 Å². The maximum atomic E-state index is 13.3. The summed E-state index contributed by atoms with van der Waals surface area (Å²) in [6.07, 6.45) is 11.8. The zero-order valence-electron chi connectivity index (χ0n) is 27.4. The summed E-state index contributed by atoms with van der Waals surface area (Å²) >= 11 is 0. The topological polar surface area (TPSA) is 87.3 Å². The minimum atomic E-state index is -0.0119. The Balaban J connectivity index is 1.45. The van der Waals surface area contributed by atoms with Crippen molar-refractivity contribution in [2.45, 2.75) is 126 Å². The van der Waals surface area contributed by atoms with E-state index < -0.39 is 0 Å². The lowest BCUT2D eigenvalue weighted by Crippen LogP contribution is -2.32. The van der Waals surface area contributed by atoms with Crippen molar-refractivity contribution in [1.29, 1.82) is 0 Å². The van der Waals surface area contributed by atoms with E-state index in [1.165, 1.54) is 0 Å². The van der Waals surface area contributed by atoms with Gasteiger partial charge in [-0.05, 0) is 124 Å². The molecule has 234 valence electrons. The molecular weight excluding hydrogens is 522 g/mol. The lowest BCUT2D eigenvalue weighted by molar-refractivity contribution is -0.122. The Morgan fingerprint density at radius 2 is 0.762 bits per heavy atom. The summed E-state index contributed by atoms with van der Waals surface area (Å²) in [6, 6.07) is 5.52. The Morgan fingerprint density at radius 3 is 1.02 bits per heavy atom. The molecule has 0 spiro atoms. The van der Waals surface area contributed by atoms with Crippen LogP contribution in [0, 0.1) is 46.3 Å². The summed E-state index contributed by atoms with van der Waals surface area (Å²) < 4.78 is 0. The van der Waals surface area contributed by atoms with Crippen LogP contribution in [0.3, 0.4) is 0 Å². The van der Waals surface area contributed by atoms with Gasteiger partial charge in [0.25, 0.3) is 0 Å². The molecule has 0 aromatic heterocycles. The molecule has 3 aliphatic carbocycles. The van der Waals surface area contributed by atoms with Gasteiger partial charge in [-0.25, -0.2) is 0 Å². The molecule has 3 aliphatic rings. The molecule has 3 fully saturated rings. The Morgan fingerprint density at radius 1 is 0.500 bits per heavy atom. The molecule has 6 heteroatoms. The van der Waals surface area contributed by atoms with Crippen molar-refractivity contribution in [3.8, 4) is 0 Å². The highest BCUT2D eigenvalue weighted by Gasteiger charge is 2.34. The molecule has 0 unspecified atom stereocenters. The number of amides is 3. The van der Waals surface area contributed by atoms with Crippen LogP contribution in [-0.4, -0.2) is 17.7 Å². The van der Waals surface area contributed by atoms with E-state index in [1.807, 2.05) is 18.2 Å². The minimum absolute atomic E-state index is 0.00786. The first kappa shape index (κ1) is 32.5. The van der Waals surface area contributed by atoms with Crippen LogP contribution in [0.2, 0.25) is 0 Å². The summed E-state index contributed by atoms with van der Waals surface area (Å²) in [5, 5.41) is 9.39. The number of nitrogens with one attached hydrogen (secondary N) is 3. The second-order valence-corrected chi connectivity index (χ2v) is 16.1. The van der Waals surface area contributed by atoms with Crippen molar-refractivity contribution in [2.75, 3.05) is 16.0 Å². The molecule has 0 saturated heterocycles. The van der Waals surface area contributed by atoms with Crippen LogP contribution in [0.5, 0.6) is 0 Å². The Labute approximate surface area is 254 Å². The van der Waals surface area contributed by atoms with Gasteiger partial charge in [0.2, 0.25) is 17.7 Å². The molecule has 0 radical (unpaired) electrons. The second kappa shape index (κ2) is 13.5. The van der Waals surface area contributed by atoms with Crippen LogP contribution >= 0.6 is 0 Å². The van der Waals surface area contributed by atoms with Gasteiger partial charge in [-0.2, -0.15) is 0 Å². The molecule has 42 heavy (non-hydrogen) atoms. The molecule has 0 bridgehead atoms. The van der Waals surface area contributed by atoms with Crippen molar-refractivity contribution in [3.63, 3.8) is 0 Å². The van der Waals surface area contributed by atoms with Crippen molar-refractivity contribution < 1.29 is 14.4 Å². The van der Waals surface area contributed by atoms with Gasteiger partial charge in [0, 0.05) is 34.8 Å². The fraction of sp³-hybridized carbons (Fsp3) is 0.750. The molecule has 6 nitrogen and oxygen atoms in total. The number of carbonyl (C=O) groups is 3. The summed E-state index contributed by atoms with van der Waals surface area (Å²) in [7, 11) is 0. The van der Waals surface area contributed by atoms with Crippen LogP contribution in [0.4, 0.5) is 17.1 Å². The van der Waals surface area contributed by atoms with E-state index in [9.17, 15) is 14.4 Å². The first-order chi connectivity index (χ1) is 19.7. The van der Waals surface area contributed by atoms with Gasteiger partial charge in [-0.15, -0.1) is 0 Å². The summed E-state index contributed by atoms with van der Waals surface area (Å²) in [4.78, 5) is 39.9. The van der Waals surface area contributed by atoms with Gasteiger partial charge >= 0.3 is 0 Å². The SMILES string of the molecule is CC(C)(C)[C@H]1CC[C@H](C(=O)Nc2cc(NC(=O)[C@H]3CC[C@@H](C)CC3)cc(NC(=O)[C@H]3CC[C@H](C(C)(C)C)CC3)c2)CC1. The molecule has 3 amide bonds. The molecule has 3 N–H and O–H groups in total. The first-order valence-corrected chi connectivity index (χ1v) is 16.8. The number of anilines is 3. The molecular formula is C36H57N3O3. The van der Waals surface area contributed by atoms with E-state index in [-0.39, 0.29) is 46.3 Å². The van der Waals surface area contributed by atoms with E-state index in [1.54, 1.807) is 0 Å². The Bertz CT molecular complexity index is 1020. The molecule has 0 aliphatic heterocycles. The van der Waals surface area contributed by atoms with Crippen molar-refractivity contribution >= 4 is 34.8 Å². The zero-order chi connectivity index (χ0) is 30.7. The Kier molecular flexibility index (Phi) is 10.5. The largest absolute Gasteiger partial charge is 0.326 e. The van der Waals surface area contributed by atoms with Crippen molar-refractivity contribution in [3.05, 3.63) is 18.2 Å². The second-order valence-electron chi connectivity index (χ2n) is 16.1. The third kappa shape index (κ3) is 8.83. The predicted octanol–water partition coefficient (Wildman–Crippen LogP) is 9.03. The van der Waals surface area contributed by atoms with Crippen LogP contribution in [0.1, 0.15) is 126 Å². The smallest absolute Gasteiger partial charge is 0.227 e. The zero-order valence-corrected chi connectivity index (χ0v) is 27.4. The van der Waals surface area contributed by atoms with Crippen LogP contribution in [0.25, 0.3) is 0 Å². The number of hydrogen-bond donors (Lipinski definition) is 3. The van der Waals surface area contributed by atoms with Crippen LogP contribution in [-0.2, 0) is 14.4 Å². The standard InChI is InChI=1S/C36H57N3O3/c1-23-8-10-24(11-9-23)32(40)37-29-20-30(38-33(41)25-12-16-27(17-13-25)35(2,3)4)22-31(21-29)39-34(42)26-14-18-28(19-15-26)36(5,6)7/h20-28H,8-19H2,1-7H3,(H,37,40)(H,38,41)(H,39,42)/t23-,24+,25-,26-,27-,28-. The number of rotatable bonds is 6. The average molecular weight is 580 g/mol. The highest BCUT2D eigenvalue weighted by molar-refractivity contribution is 5.99. The minimum Gasteiger partial charge on any atom is -0.326 e. The van der Waals surface area contributed by atoms with E-state index in [4.69, 9.17) is 0 Å². The summed E-state index contributed by atoms with van der Waals surface area (Å²) in [5.41, 5.74) is 2.41. The number of carbonyl (C=O) groups excluding carboxylic acids is 3. The number of hydrogen-bond acceptors (Lipinski definition) is 3. The highest BCUT2D eigenvalue weighted by atomic mass is 16.2. The summed E-state index contributed by atoms with van der Waals surface area (Å²) in [5.74, 6) is 2.04. The van der Waals surface area contributed by atoms with Crippen molar-refractivity contribution in [1.82, 2.24) is 0 Å². The van der Waals surface area contributed by atoms with Gasteiger partial charge < -0.3 is 16.0 Å². The third-order valence-electron chi connectivity index (χ3n) is 10.8. The molecule has 0 atom stereocenters. The fourth-order valence-corrected chi connectivity index (χ4v) is 7.54. The number of benzene rings is 1. The van der Waals surface area contributed by atoms with E-state index in [2.05, 4.69) is 64.4 Å². The molecule has 1 aromatic rings. The van der Waals surface area contributed by atoms with Gasteiger partial charge in [0.05, 0.1) is 0 Å². The summed E-state index contributed by atoms with van der Waals surface area (Å²) in [6.45, 7) is 16.0. The quantitative estimate of drug-likeness (QED) is 0.314. The highest BCUT2D eigenvalue weighted by Crippen LogP contribution is 2.41. The monoisotopic (exact) mass is 579 g/mol. The van der Waals surface area contributed by atoms with Crippen molar-refractivity contribution in [2.24, 2.45) is 46.3 Å².